The quantitative estimate of drug-likeness (QED) is 0.665. The Morgan fingerprint density at radius 3 is 2.45 bits per heavy atom. The summed E-state index contributed by atoms with van der Waals surface area (Å²) in [6.07, 6.45) is 3.15. The molecule has 0 unspecified atom stereocenters. The number of anilines is 1. The third-order valence-electron chi connectivity index (χ3n) is 0.948. The van der Waals surface area contributed by atoms with Gasteiger partial charge in [-0.15, -0.1) is 12.4 Å². The molecule has 0 spiro atoms. The van der Waals surface area contributed by atoms with Crippen molar-refractivity contribution in [2.75, 3.05) is 5.32 Å². The second kappa shape index (κ2) is 4.51. The first-order chi connectivity index (χ1) is 4.79. The molecule has 0 saturated heterocycles. The first-order valence-corrected chi connectivity index (χ1v) is 2.75. The van der Waals surface area contributed by atoms with E-state index in [1.54, 1.807) is 24.5 Å². The predicted molar refractivity (Wildman–Crippen MR) is 44.7 cm³/mol. The summed E-state index contributed by atoms with van der Waals surface area (Å²) in [5.41, 5.74) is 5.51. The summed E-state index contributed by atoms with van der Waals surface area (Å²) in [6.45, 7) is 0. The highest BCUT2D eigenvalue weighted by Gasteiger charge is 1.91. The van der Waals surface area contributed by atoms with Gasteiger partial charge in [-0.3, -0.25) is 4.98 Å². The Hall–Kier alpha value is -1.29. The van der Waals surface area contributed by atoms with Crippen molar-refractivity contribution in [3.8, 4) is 0 Å². The van der Waals surface area contributed by atoms with Crippen molar-refractivity contribution in [1.82, 2.24) is 4.98 Å². The topological polar surface area (TPSA) is 68.0 Å². The van der Waals surface area contributed by atoms with Crippen LogP contribution in [0.2, 0.25) is 0 Å². The maximum absolute atomic E-state index is 10.3. The van der Waals surface area contributed by atoms with E-state index in [0.717, 1.165) is 0 Å². The van der Waals surface area contributed by atoms with Crippen molar-refractivity contribution in [2.45, 2.75) is 0 Å². The van der Waals surface area contributed by atoms with Crippen LogP contribution in [0.1, 0.15) is 0 Å². The molecule has 0 aromatic carbocycles. The summed E-state index contributed by atoms with van der Waals surface area (Å²) < 4.78 is 0. The van der Waals surface area contributed by atoms with Crippen LogP contribution in [-0.2, 0) is 0 Å². The number of nitrogens with two attached hydrogens (primary N) is 1. The van der Waals surface area contributed by atoms with E-state index in [1.807, 2.05) is 0 Å². The fraction of sp³-hybridized carbons (Fsp3) is 0. The highest BCUT2D eigenvalue weighted by atomic mass is 35.5. The minimum Gasteiger partial charge on any atom is -0.351 e. The summed E-state index contributed by atoms with van der Waals surface area (Å²) in [5, 5.41) is 2.40. The maximum Gasteiger partial charge on any atom is 0.316 e. The van der Waals surface area contributed by atoms with Gasteiger partial charge >= 0.3 is 6.03 Å². The van der Waals surface area contributed by atoms with E-state index in [-0.39, 0.29) is 12.4 Å². The molecule has 0 radical (unpaired) electrons. The zero-order valence-electron chi connectivity index (χ0n) is 5.65. The van der Waals surface area contributed by atoms with Gasteiger partial charge in [0.15, 0.2) is 0 Å². The van der Waals surface area contributed by atoms with Gasteiger partial charge in [-0.25, -0.2) is 4.79 Å². The monoisotopic (exact) mass is 173 g/mol. The summed E-state index contributed by atoms with van der Waals surface area (Å²) >= 11 is 0. The van der Waals surface area contributed by atoms with E-state index < -0.39 is 6.03 Å². The molecule has 0 aliphatic carbocycles. The van der Waals surface area contributed by atoms with Gasteiger partial charge in [-0.05, 0) is 12.1 Å². The van der Waals surface area contributed by atoms with Gasteiger partial charge in [0.2, 0.25) is 0 Å². The highest BCUT2D eigenvalue weighted by molar-refractivity contribution is 5.87. The van der Waals surface area contributed by atoms with Crippen molar-refractivity contribution in [3.05, 3.63) is 24.5 Å². The molecule has 5 heteroatoms. The van der Waals surface area contributed by atoms with Crippen LogP contribution in [0.3, 0.4) is 0 Å². The maximum atomic E-state index is 10.3. The normalized spacial score (nSPS) is 8.00. The van der Waals surface area contributed by atoms with Gasteiger partial charge in [-0.2, -0.15) is 0 Å². The number of carbonyl (C=O) groups is 1. The average Bonchev–Trinajstić information content (AvgIpc) is 1.88. The zero-order valence-corrected chi connectivity index (χ0v) is 6.47. The van der Waals surface area contributed by atoms with Crippen LogP contribution < -0.4 is 11.1 Å². The molecule has 60 valence electrons. The van der Waals surface area contributed by atoms with Crippen molar-refractivity contribution in [3.63, 3.8) is 0 Å². The number of aromatic nitrogens is 1. The molecule has 11 heavy (non-hydrogen) atoms. The molecule has 1 rings (SSSR count). The fourth-order valence-electron chi connectivity index (χ4n) is 0.578. The first-order valence-electron chi connectivity index (χ1n) is 2.75. The highest BCUT2D eigenvalue weighted by Crippen LogP contribution is 2.00. The van der Waals surface area contributed by atoms with Gasteiger partial charge in [0.25, 0.3) is 0 Å². The van der Waals surface area contributed by atoms with Crippen LogP contribution in [0.25, 0.3) is 0 Å². The lowest BCUT2D eigenvalue weighted by Crippen LogP contribution is -2.19. The molecule has 1 aromatic heterocycles. The van der Waals surface area contributed by atoms with Crippen LogP contribution >= 0.6 is 12.4 Å². The van der Waals surface area contributed by atoms with E-state index in [1.165, 1.54) is 0 Å². The largest absolute Gasteiger partial charge is 0.351 e. The summed E-state index contributed by atoms with van der Waals surface area (Å²) in [7, 11) is 0. The first kappa shape index (κ1) is 9.71. The van der Waals surface area contributed by atoms with E-state index in [9.17, 15) is 4.79 Å². The van der Waals surface area contributed by atoms with Gasteiger partial charge in [0.1, 0.15) is 0 Å². The minimum atomic E-state index is -0.564. The SMILES string of the molecule is Cl.NC(=O)Nc1ccncc1. The number of hydrogen-bond acceptors (Lipinski definition) is 2. The van der Waals surface area contributed by atoms with Crippen LogP contribution in [-0.4, -0.2) is 11.0 Å². The van der Waals surface area contributed by atoms with Crippen molar-refractivity contribution < 1.29 is 4.79 Å². The van der Waals surface area contributed by atoms with Crippen molar-refractivity contribution >= 4 is 24.1 Å². The Balaban J connectivity index is 0.000001000. The number of nitrogens with zero attached hydrogens (tertiary/aromatic N) is 1. The smallest absolute Gasteiger partial charge is 0.316 e. The third-order valence-corrected chi connectivity index (χ3v) is 0.948. The van der Waals surface area contributed by atoms with Crippen LogP contribution in [0.15, 0.2) is 24.5 Å². The van der Waals surface area contributed by atoms with E-state index in [4.69, 9.17) is 5.73 Å². The van der Waals surface area contributed by atoms with E-state index in [2.05, 4.69) is 10.3 Å². The average molecular weight is 174 g/mol. The number of halogens is 1. The number of urea groups is 1. The van der Waals surface area contributed by atoms with E-state index in [0.29, 0.717) is 5.69 Å². The number of pyridine rings is 1. The summed E-state index contributed by atoms with van der Waals surface area (Å²) in [6, 6.07) is 2.75. The minimum absolute atomic E-state index is 0. The molecular weight excluding hydrogens is 166 g/mol. The standard InChI is InChI=1S/C6H7N3O.ClH/c7-6(10)9-5-1-3-8-4-2-5;/h1-4H,(H3,7,8,9,10);1H. The Labute approximate surface area is 70.2 Å². The lowest BCUT2D eigenvalue weighted by molar-refractivity contribution is 0.259. The Bertz CT molecular complexity index is 227. The van der Waals surface area contributed by atoms with Gasteiger partial charge in [0.05, 0.1) is 0 Å². The van der Waals surface area contributed by atoms with Crippen LogP contribution in [0.4, 0.5) is 10.5 Å². The molecule has 0 bridgehead atoms. The number of hydrogen-bond donors (Lipinski definition) is 2. The van der Waals surface area contributed by atoms with E-state index >= 15 is 0 Å². The van der Waals surface area contributed by atoms with Gasteiger partial charge in [-0.1, -0.05) is 0 Å². The summed E-state index contributed by atoms with van der Waals surface area (Å²) in [5.74, 6) is 0. The van der Waals surface area contributed by atoms with Crippen molar-refractivity contribution in [2.24, 2.45) is 5.73 Å². The molecular formula is C6H8ClN3O. The van der Waals surface area contributed by atoms with Crippen LogP contribution in [0.5, 0.6) is 0 Å². The predicted octanol–water partition coefficient (Wildman–Crippen LogP) is 0.994. The molecule has 1 heterocycles. The molecule has 0 saturated carbocycles. The molecule has 1 aromatic rings. The van der Waals surface area contributed by atoms with Gasteiger partial charge in [0, 0.05) is 18.1 Å². The lowest BCUT2D eigenvalue weighted by atomic mass is 10.4. The molecule has 0 atom stereocenters. The number of carbonyl (C=O) groups excluding carboxylic acids is 1. The second-order valence-corrected chi connectivity index (χ2v) is 1.73. The van der Waals surface area contributed by atoms with Gasteiger partial charge < -0.3 is 11.1 Å². The number of primary amides is 1. The third kappa shape index (κ3) is 3.42. The lowest BCUT2D eigenvalue weighted by Gasteiger charge is -1.97. The number of nitrogens with one attached hydrogen (secondary N) is 1. The van der Waals surface area contributed by atoms with Crippen molar-refractivity contribution in [1.29, 1.82) is 0 Å². The summed E-state index contributed by atoms with van der Waals surface area (Å²) in [4.78, 5) is 14.0. The Morgan fingerprint density at radius 2 is 2.00 bits per heavy atom. The number of amides is 2. The molecule has 0 fully saturated rings. The number of rotatable bonds is 1. The molecule has 3 N–H and O–H groups in total. The molecule has 4 nitrogen and oxygen atoms in total. The Morgan fingerprint density at radius 1 is 1.45 bits per heavy atom. The molecule has 2 amide bonds. The molecule has 0 aliphatic heterocycles. The fourth-order valence-corrected chi connectivity index (χ4v) is 0.578. The zero-order chi connectivity index (χ0) is 7.40. The second-order valence-electron chi connectivity index (χ2n) is 1.73. The Kier molecular flexibility index (Phi) is 3.98. The van der Waals surface area contributed by atoms with Crippen LogP contribution in [0, 0.1) is 0 Å². The molecule has 0 aliphatic rings.